The molecule has 1 aromatic heterocycles. The summed E-state index contributed by atoms with van der Waals surface area (Å²) in [6.45, 7) is 3.94. The molecular formula is C16H18N2OS. The molecule has 1 aliphatic heterocycles. The highest BCUT2D eigenvalue weighted by Gasteiger charge is 2.18. The summed E-state index contributed by atoms with van der Waals surface area (Å²) in [4.78, 5) is 18.8. The Bertz CT molecular complexity index is 621. The summed E-state index contributed by atoms with van der Waals surface area (Å²) in [6.07, 6.45) is 4.01. The first-order valence-electron chi connectivity index (χ1n) is 7.08. The van der Waals surface area contributed by atoms with Crippen molar-refractivity contribution in [1.29, 1.82) is 0 Å². The Hall–Kier alpha value is -1.68. The van der Waals surface area contributed by atoms with Gasteiger partial charge in [-0.15, -0.1) is 0 Å². The summed E-state index contributed by atoms with van der Waals surface area (Å²) >= 11 is 1.52. The van der Waals surface area contributed by atoms with E-state index in [1.54, 1.807) is 0 Å². The first kappa shape index (κ1) is 13.3. The second-order valence-corrected chi connectivity index (χ2v) is 6.08. The Balaban J connectivity index is 1.91. The van der Waals surface area contributed by atoms with Gasteiger partial charge in [0.2, 0.25) is 0 Å². The van der Waals surface area contributed by atoms with Gasteiger partial charge in [-0.1, -0.05) is 42.5 Å². The number of rotatable bonds is 3. The number of carbonyl (C=O) groups is 1. The lowest BCUT2D eigenvalue weighted by molar-refractivity contribution is 0.112. The van der Waals surface area contributed by atoms with Crippen LogP contribution in [0.4, 0.5) is 5.13 Å². The molecule has 0 radical (unpaired) electrons. The summed E-state index contributed by atoms with van der Waals surface area (Å²) < 4.78 is 0. The second-order valence-electron chi connectivity index (χ2n) is 5.07. The van der Waals surface area contributed by atoms with Crippen LogP contribution in [0.5, 0.6) is 0 Å². The van der Waals surface area contributed by atoms with Crippen LogP contribution >= 0.6 is 11.3 Å². The molecule has 3 rings (SSSR count). The molecule has 104 valence electrons. The predicted octanol–water partition coefficient (Wildman–Crippen LogP) is 3.47. The van der Waals surface area contributed by atoms with E-state index in [0.29, 0.717) is 0 Å². The Morgan fingerprint density at radius 3 is 2.85 bits per heavy atom. The van der Waals surface area contributed by atoms with Gasteiger partial charge in [-0.3, -0.25) is 4.79 Å². The average molecular weight is 286 g/mol. The van der Waals surface area contributed by atoms with Crippen molar-refractivity contribution in [3.63, 3.8) is 0 Å². The minimum Gasteiger partial charge on any atom is -0.344 e. The van der Waals surface area contributed by atoms with E-state index in [1.165, 1.54) is 22.5 Å². The zero-order chi connectivity index (χ0) is 13.9. The molecule has 0 atom stereocenters. The van der Waals surface area contributed by atoms with Crippen LogP contribution < -0.4 is 4.90 Å². The third-order valence-corrected chi connectivity index (χ3v) is 4.87. The van der Waals surface area contributed by atoms with Gasteiger partial charge >= 0.3 is 0 Å². The van der Waals surface area contributed by atoms with Gasteiger partial charge in [0, 0.05) is 13.1 Å². The van der Waals surface area contributed by atoms with Gasteiger partial charge < -0.3 is 4.90 Å². The first-order chi connectivity index (χ1) is 9.81. The van der Waals surface area contributed by atoms with Crippen molar-refractivity contribution in [1.82, 2.24) is 4.98 Å². The fourth-order valence-corrected chi connectivity index (χ4v) is 3.69. The number of carbonyl (C=O) groups excluding carboxylic acids is 1. The van der Waals surface area contributed by atoms with Crippen molar-refractivity contribution >= 4 is 22.8 Å². The summed E-state index contributed by atoms with van der Waals surface area (Å²) in [6, 6.07) is 8.62. The monoisotopic (exact) mass is 286 g/mol. The molecule has 2 heterocycles. The lowest BCUT2D eigenvalue weighted by atomic mass is 10.0. The van der Waals surface area contributed by atoms with Gasteiger partial charge in [-0.25, -0.2) is 4.98 Å². The minimum atomic E-state index is 0.778. The van der Waals surface area contributed by atoms with E-state index in [4.69, 9.17) is 0 Å². The fourth-order valence-electron chi connectivity index (χ4n) is 2.70. The van der Waals surface area contributed by atoms with Crippen molar-refractivity contribution in [3.8, 4) is 0 Å². The van der Waals surface area contributed by atoms with E-state index >= 15 is 0 Å². The lowest BCUT2D eigenvalue weighted by Gasteiger charge is -2.19. The molecule has 0 N–H and O–H groups in total. The summed E-state index contributed by atoms with van der Waals surface area (Å²) in [5.41, 5.74) is 3.75. The second kappa shape index (κ2) is 5.75. The van der Waals surface area contributed by atoms with Crippen molar-refractivity contribution in [2.45, 2.75) is 32.7 Å². The Labute approximate surface area is 123 Å². The molecule has 0 amide bonds. The molecule has 2 aromatic rings. The topological polar surface area (TPSA) is 33.2 Å². The van der Waals surface area contributed by atoms with Gasteiger partial charge in [0.05, 0.1) is 10.6 Å². The SMILES string of the molecule is CCc1nc(N2CCCc3ccccc3C2)sc1C=O. The molecule has 0 unspecified atom stereocenters. The fraction of sp³-hybridized carbons (Fsp3) is 0.375. The van der Waals surface area contributed by atoms with E-state index < -0.39 is 0 Å². The zero-order valence-corrected chi connectivity index (χ0v) is 12.4. The van der Waals surface area contributed by atoms with Gasteiger partial charge in [-0.05, 0) is 30.4 Å². The number of hydrogen-bond donors (Lipinski definition) is 0. The van der Waals surface area contributed by atoms with Crippen LogP contribution in [-0.2, 0) is 19.4 Å². The summed E-state index contributed by atoms with van der Waals surface area (Å²) in [5, 5.41) is 0.987. The van der Waals surface area contributed by atoms with Crippen molar-refractivity contribution in [2.24, 2.45) is 0 Å². The van der Waals surface area contributed by atoms with Crippen LogP contribution in [-0.4, -0.2) is 17.8 Å². The van der Waals surface area contributed by atoms with Crippen LogP contribution in [0.3, 0.4) is 0 Å². The van der Waals surface area contributed by atoms with E-state index in [1.807, 2.05) is 6.92 Å². The summed E-state index contributed by atoms with van der Waals surface area (Å²) in [5.74, 6) is 0. The van der Waals surface area contributed by atoms with Crippen molar-refractivity contribution in [2.75, 3.05) is 11.4 Å². The number of nitrogens with zero attached hydrogens (tertiary/aromatic N) is 2. The maximum Gasteiger partial charge on any atom is 0.186 e. The molecule has 0 fully saturated rings. The number of aryl methyl sites for hydroxylation is 2. The van der Waals surface area contributed by atoms with Gasteiger partial charge in [0.1, 0.15) is 0 Å². The molecule has 0 saturated heterocycles. The van der Waals surface area contributed by atoms with Gasteiger partial charge in [-0.2, -0.15) is 0 Å². The Morgan fingerprint density at radius 1 is 1.35 bits per heavy atom. The van der Waals surface area contributed by atoms with Crippen LogP contribution in [0.25, 0.3) is 0 Å². The van der Waals surface area contributed by atoms with Crippen molar-refractivity contribution < 1.29 is 4.79 Å². The molecule has 0 bridgehead atoms. The molecule has 4 heteroatoms. The van der Waals surface area contributed by atoms with Crippen LogP contribution in [0.15, 0.2) is 24.3 Å². The molecule has 0 spiro atoms. The molecule has 1 aliphatic rings. The normalized spacial score (nSPS) is 14.8. The van der Waals surface area contributed by atoms with E-state index in [-0.39, 0.29) is 0 Å². The summed E-state index contributed by atoms with van der Waals surface area (Å²) in [7, 11) is 0. The first-order valence-corrected chi connectivity index (χ1v) is 7.90. The molecule has 0 aliphatic carbocycles. The number of aromatic nitrogens is 1. The molecule has 0 saturated carbocycles. The number of hydrogen-bond acceptors (Lipinski definition) is 4. The lowest BCUT2D eigenvalue weighted by Crippen LogP contribution is -2.22. The maximum atomic E-state index is 11.1. The molecular weight excluding hydrogens is 268 g/mol. The van der Waals surface area contributed by atoms with Crippen LogP contribution in [0.1, 0.15) is 39.8 Å². The molecule has 20 heavy (non-hydrogen) atoms. The largest absolute Gasteiger partial charge is 0.344 e. The number of thiazole rings is 1. The third kappa shape index (κ3) is 2.48. The highest BCUT2D eigenvalue weighted by Crippen LogP contribution is 2.29. The predicted molar refractivity (Wildman–Crippen MR) is 82.7 cm³/mol. The molecule has 1 aromatic carbocycles. The smallest absolute Gasteiger partial charge is 0.186 e. The highest BCUT2D eigenvalue weighted by molar-refractivity contribution is 7.17. The van der Waals surface area contributed by atoms with Crippen LogP contribution in [0.2, 0.25) is 0 Å². The Kier molecular flexibility index (Phi) is 3.83. The number of benzene rings is 1. The van der Waals surface area contributed by atoms with E-state index in [9.17, 15) is 4.79 Å². The maximum absolute atomic E-state index is 11.1. The number of aldehydes is 1. The average Bonchev–Trinajstić information content (AvgIpc) is 2.79. The van der Waals surface area contributed by atoms with E-state index in [2.05, 4.69) is 34.1 Å². The van der Waals surface area contributed by atoms with Crippen molar-refractivity contribution in [3.05, 3.63) is 46.0 Å². The van der Waals surface area contributed by atoms with Gasteiger partial charge in [0.15, 0.2) is 11.4 Å². The van der Waals surface area contributed by atoms with Gasteiger partial charge in [0.25, 0.3) is 0 Å². The quantitative estimate of drug-likeness (QED) is 0.810. The number of fused-ring (bicyclic) bond motifs is 1. The van der Waals surface area contributed by atoms with E-state index in [0.717, 1.165) is 54.3 Å². The highest BCUT2D eigenvalue weighted by atomic mass is 32.1. The minimum absolute atomic E-state index is 0.778. The zero-order valence-electron chi connectivity index (χ0n) is 11.6. The number of anilines is 1. The Morgan fingerprint density at radius 2 is 2.15 bits per heavy atom. The van der Waals surface area contributed by atoms with Crippen LogP contribution in [0, 0.1) is 0 Å². The molecule has 3 nitrogen and oxygen atoms in total. The third-order valence-electron chi connectivity index (χ3n) is 3.78. The standard InChI is InChI=1S/C16H18N2OS/c1-2-14-15(11-19)20-16(17-14)18-9-5-8-12-6-3-4-7-13(12)10-18/h3-4,6-7,11H,2,5,8-10H2,1H3.